The van der Waals surface area contributed by atoms with Crippen molar-refractivity contribution in [3.05, 3.63) is 35.8 Å². The Morgan fingerprint density at radius 1 is 1.30 bits per heavy atom. The molecule has 0 aliphatic heterocycles. The monoisotopic (exact) mass is 315 g/mol. The van der Waals surface area contributed by atoms with Crippen molar-refractivity contribution in [3.8, 4) is 0 Å². The lowest BCUT2D eigenvalue weighted by Gasteiger charge is -2.27. The maximum Gasteiger partial charge on any atom is 0.220 e. The Bertz CT molecular complexity index is 724. The molecule has 2 aromatic rings. The molecule has 4 nitrogen and oxygen atoms in total. The number of carbonyl (C=O) groups is 1. The van der Waals surface area contributed by atoms with E-state index in [9.17, 15) is 9.18 Å². The van der Waals surface area contributed by atoms with E-state index in [0.29, 0.717) is 5.92 Å². The summed E-state index contributed by atoms with van der Waals surface area (Å²) >= 11 is 0. The van der Waals surface area contributed by atoms with Crippen LogP contribution in [0.1, 0.15) is 31.4 Å². The van der Waals surface area contributed by atoms with Crippen molar-refractivity contribution in [2.45, 2.75) is 32.6 Å². The summed E-state index contributed by atoms with van der Waals surface area (Å²) in [6.45, 7) is 2.76. The summed E-state index contributed by atoms with van der Waals surface area (Å²) in [7, 11) is 0. The van der Waals surface area contributed by atoms with E-state index in [1.165, 1.54) is 12.1 Å². The number of benzene rings is 1. The van der Waals surface area contributed by atoms with Crippen LogP contribution < -0.4 is 11.1 Å². The standard InChI is InChI=1S/C18H22FN3O/c1-11-8-17(15-9-14(19)6-7-16(15)22-11)21-10-12-2-4-13(5-3-12)18(20)23/h6-9,12-13H,2-5,10H2,1H3,(H2,20,23)(H,21,22). The van der Waals surface area contributed by atoms with Gasteiger partial charge in [0.1, 0.15) is 5.82 Å². The van der Waals surface area contributed by atoms with Gasteiger partial charge in [0.05, 0.1) is 5.52 Å². The normalized spacial score (nSPS) is 21.3. The van der Waals surface area contributed by atoms with Crippen LogP contribution in [0.3, 0.4) is 0 Å². The number of pyridine rings is 1. The second-order valence-corrected chi connectivity index (χ2v) is 6.47. The summed E-state index contributed by atoms with van der Waals surface area (Å²) in [5.41, 5.74) is 8.00. The van der Waals surface area contributed by atoms with Gasteiger partial charge < -0.3 is 11.1 Å². The number of hydrogen-bond donors (Lipinski definition) is 2. The number of hydrogen-bond acceptors (Lipinski definition) is 3. The second kappa shape index (κ2) is 6.52. The van der Waals surface area contributed by atoms with Gasteiger partial charge in [-0.2, -0.15) is 0 Å². The van der Waals surface area contributed by atoms with Crippen molar-refractivity contribution in [3.63, 3.8) is 0 Å². The largest absolute Gasteiger partial charge is 0.384 e. The molecule has 0 saturated heterocycles. The fraction of sp³-hybridized carbons (Fsp3) is 0.444. The molecule has 3 N–H and O–H groups in total. The number of nitrogens with zero attached hydrogens (tertiary/aromatic N) is 1. The number of fused-ring (bicyclic) bond motifs is 1. The lowest BCUT2D eigenvalue weighted by molar-refractivity contribution is -0.122. The fourth-order valence-corrected chi connectivity index (χ4v) is 3.38. The van der Waals surface area contributed by atoms with Crippen LogP contribution in [0.25, 0.3) is 10.9 Å². The number of primary amides is 1. The molecule has 0 bridgehead atoms. The molecule has 1 amide bonds. The zero-order chi connectivity index (χ0) is 16.4. The van der Waals surface area contributed by atoms with Crippen LogP contribution >= 0.6 is 0 Å². The third-order valence-corrected chi connectivity index (χ3v) is 4.73. The highest BCUT2D eigenvalue weighted by molar-refractivity contribution is 5.91. The second-order valence-electron chi connectivity index (χ2n) is 6.47. The molecule has 0 unspecified atom stereocenters. The summed E-state index contributed by atoms with van der Waals surface area (Å²) in [6.07, 6.45) is 3.73. The zero-order valence-corrected chi connectivity index (χ0v) is 13.3. The van der Waals surface area contributed by atoms with Crippen molar-refractivity contribution >= 4 is 22.5 Å². The number of carbonyl (C=O) groups excluding carboxylic acids is 1. The summed E-state index contributed by atoms with van der Waals surface area (Å²) in [6, 6.07) is 6.62. The summed E-state index contributed by atoms with van der Waals surface area (Å²) in [5.74, 6) is 0.114. The minimum Gasteiger partial charge on any atom is -0.384 e. The minimum absolute atomic E-state index is 0.0318. The Kier molecular flexibility index (Phi) is 4.46. The van der Waals surface area contributed by atoms with Crippen LogP contribution in [0.5, 0.6) is 0 Å². The molecule has 1 aliphatic rings. The van der Waals surface area contributed by atoms with Crippen molar-refractivity contribution in [1.29, 1.82) is 0 Å². The lowest BCUT2D eigenvalue weighted by Crippen LogP contribution is -2.29. The summed E-state index contributed by atoms with van der Waals surface area (Å²) in [4.78, 5) is 15.7. The molecular formula is C18H22FN3O. The first-order valence-corrected chi connectivity index (χ1v) is 8.13. The van der Waals surface area contributed by atoms with E-state index in [-0.39, 0.29) is 17.6 Å². The van der Waals surface area contributed by atoms with Crippen molar-refractivity contribution in [2.24, 2.45) is 17.6 Å². The van der Waals surface area contributed by atoms with Gasteiger partial charge >= 0.3 is 0 Å². The van der Waals surface area contributed by atoms with E-state index in [2.05, 4.69) is 10.3 Å². The molecule has 1 heterocycles. The molecule has 1 fully saturated rings. The highest BCUT2D eigenvalue weighted by Gasteiger charge is 2.24. The molecule has 1 aliphatic carbocycles. The maximum absolute atomic E-state index is 13.5. The van der Waals surface area contributed by atoms with Gasteiger partial charge in [0, 0.05) is 29.2 Å². The molecule has 5 heteroatoms. The summed E-state index contributed by atoms with van der Waals surface area (Å²) in [5, 5.41) is 4.25. The Morgan fingerprint density at radius 3 is 2.74 bits per heavy atom. The van der Waals surface area contributed by atoms with Gasteiger partial charge in [-0.15, -0.1) is 0 Å². The molecule has 1 aromatic carbocycles. The molecule has 122 valence electrons. The molecule has 1 saturated carbocycles. The molecule has 1 aromatic heterocycles. The molecule has 3 rings (SSSR count). The van der Waals surface area contributed by atoms with Crippen LogP contribution in [0.15, 0.2) is 24.3 Å². The number of anilines is 1. The minimum atomic E-state index is -0.256. The smallest absolute Gasteiger partial charge is 0.220 e. The predicted octanol–water partition coefficient (Wildman–Crippen LogP) is 3.39. The zero-order valence-electron chi connectivity index (χ0n) is 13.3. The van der Waals surface area contributed by atoms with Gasteiger partial charge in [0.25, 0.3) is 0 Å². The number of aromatic nitrogens is 1. The Balaban J connectivity index is 1.70. The number of halogens is 1. The van der Waals surface area contributed by atoms with Gasteiger partial charge in [-0.3, -0.25) is 9.78 Å². The number of nitrogens with two attached hydrogens (primary N) is 1. The van der Waals surface area contributed by atoms with Crippen molar-refractivity contribution in [1.82, 2.24) is 4.98 Å². The molecule has 0 atom stereocenters. The van der Waals surface area contributed by atoms with E-state index < -0.39 is 0 Å². The number of rotatable bonds is 4. The predicted molar refractivity (Wildman–Crippen MR) is 89.6 cm³/mol. The van der Waals surface area contributed by atoms with E-state index in [4.69, 9.17) is 5.73 Å². The molecule has 0 radical (unpaired) electrons. The van der Waals surface area contributed by atoms with E-state index in [0.717, 1.165) is 54.5 Å². The Morgan fingerprint density at radius 2 is 2.04 bits per heavy atom. The van der Waals surface area contributed by atoms with Crippen LogP contribution in [-0.2, 0) is 4.79 Å². The van der Waals surface area contributed by atoms with Crippen LogP contribution in [0, 0.1) is 24.6 Å². The highest BCUT2D eigenvalue weighted by Crippen LogP contribution is 2.30. The summed E-state index contributed by atoms with van der Waals surface area (Å²) < 4.78 is 13.5. The maximum atomic E-state index is 13.5. The third-order valence-electron chi connectivity index (χ3n) is 4.73. The lowest BCUT2D eigenvalue weighted by atomic mass is 9.81. The van der Waals surface area contributed by atoms with Gasteiger partial charge in [0.2, 0.25) is 5.91 Å². The van der Waals surface area contributed by atoms with Gasteiger partial charge in [-0.05, 0) is 62.8 Å². The van der Waals surface area contributed by atoms with Crippen LogP contribution in [0.4, 0.5) is 10.1 Å². The topological polar surface area (TPSA) is 68.0 Å². The van der Waals surface area contributed by atoms with E-state index >= 15 is 0 Å². The SMILES string of the molecule is Cc1cc(NCC2CCC(C(N)=O)CC2)c2cc(F)ccc2n1. The van der Waals surface area contributed by atoms with Gasteiger partial charge in [0.15, 0.2) is 0 Å². The molecular weight excluding hydrogens is 293 g/mol. The highest BCUT2D eigenvalue weighted by atomic mass is 19.1. The Hall–Kier alpha value is -2.17. The average Bonchev–Trinajstić information content (AvgIpc) is 2.53. The average molecular weight is 315 g/mol. The van der Waals surface area contributed by atoms with E-state index in [1.807, 2.05) is 13.0 Å². The van der Waals surface area contributed by atoms with Crippen LogP contribution in [0.2, 0.25) is 0 Å². The molecule has 23 heavy (non-hydrogen) atoms. The number of aryl methyl sites for hydroxylation is 1. The van der Waals surface area contributed by atoms with Gasteiger partial charge in [-0.1, -0.05) is 0 Å². The fourth-order valence-electron chi connectivity index (χ4n) is 3.38. The van der Waals surface area contributed by atoms with Crippen LogP contribution in [-0.4, -0.2) is 17.4 Å². The molecule has 0 spiro atoms. The Labute approximate surface area is 135 Å². The quantitative estimate of drug-likeness (QED) is 0.909. The third kappa shape index (κ3) is 3.60. The first-order chi connectivity index (χ1) is 11.0. The number of amides is 1. The van der Waals surface area contributed by atoms with Crippen molar-refractivity contribution < 1.29 is 9.18 Å². The van der Waals surface area contributed by atoms with E-state index in [1.54, 1.807) is 6.07 Å². The van der Waals surface area contributed by atoms with Crippen molar-refractivity contribution in [2.75, 3.05) is 11.9 Å². The first kappa shape index (κ1) is 15.7. The first-order valence-electron chi connectivity index (χ1n) is 8.13. The number of nitrogens with one attached hydrogen (secondary N) is 1. The van der Waals surface area contributed by atoms with Gasteiger partial charge in [-0.25, -0.2) is 4.39 Å².